The Kier molecular flexibility index (Phi) is 4.88. The molecule has 0 aliphatic heterocycles. The molecule has 0 spiro atoms. The molecule has 0 aliphatic rings. The molecule has 0 amide bonds. The highest BCUT2D eigenvalue weighted by Gasteiger charge is 1.80. The van der Waals surface area contributed by atoms with Crippen LogP contribution < -0.4 is 4.74 Å². The minimum absolute atomic E-state index is 0.910. The fourth-order valence-corrected chi connectivity index (χ4v) is 0.869. The first-order valence-corrected chi connectivity index (χ1v) is 4.37. The maximum Gasteiger partial charge on any atom is 0.118 e. The van der Waals surface area contributed by atoms with E-state index >= 15 is 0 Å². The second-order valence-corrected chi connectivity index (χ2v) is 2.54. The molecule has 14 heavy (non-hydrogen) atoms. The lowest BCUT2D eigenvalue weighted by molar-refractivity contribution is 0.415. The van der Waals surface area contributed by atoms with E-state index in [1.807, 2.05) is 48.5 Å². The van der Waals surface area contributed by atoms with Crippen LogP contribution in [0.4, 0.5) is 0 Å². The Morgan fingerprint density at radius 3 is 1.71 bits per heavy atom. The fourth-order valence-electron chi connectivity index (χ4n) is 0.869. The molecule has 0 radical (unpaired) electrons. The third-order valence-electron chi connectivity index (χ3n) is 1.55. The zero-order valence-corrected chi connectivity index (χ0v) is 8.13. The van der Waals surface area contributed by atoms with Crippen molar-refractivity contribution in [2.24, 2.45) is 0 Å². The highest BCUT2D eigenvalue weighted by Crippen LogP contribution is 2.05. The first-order valence-electron chi connectivity index (χ1n) is 4.37. The Morgan fingerprint density at radius 1 is 0.857 bits per heavy atom. The van der Waals surface area contributed by atoms with Gasteiger partial charge in [-0.15, -0.1) is 0 Å². The zero-order valence-electron chi connectivity index (χ0n) is 8.13. The molecular formula is C12H13NO. The van der Waals surface area contributed by atoms with Crippen LogP contribution in [0.2, 0.25) is 0 Å². The summed E-state index contributed by atoms with van der Waals surface area (Å²) in [5.41, 5.74) is 0. The number of nitrogens with zero attached hydrogens (tertiary/aromatic N) is 1. The summed E-state index contributed by atoms with van der Waals surface area (Å²) in [6.07, 6.45) is 3.50. The van der Waals surface area contributed by atoms with E-state index in [0.717, 1.165) is 5.75 Å². The molecule has 1 aromatic carbocycles. The van der Waals surface area contributed by atoms with Crippen LogP contribution in [-0.4, -0.2) is 12.1 Å². The van der Waals surface area contributed by atoms with Gasteiger partial charge in [-0.3, -0.25) is 4.98 Å². The van der Waals surface area contributed by atoms with E-state index in [9.17, 15) is 0 Å². The molecule has 2 nitrogen and oxygen atoms in total. The van der Waals surface area contributed by atoms with Crippen molar-refractivity contribution in [2.75, 3.05) is 7.11 Å². The van der Waals surface area contributed by atoms with Gasteiger partial charge >= 0.3 is 0 Å². The first-order chi connectivity index (χ1) is 6.93. The highest BCUT2D eigenvalue weighted by molar-refractivity contribution is 5.20. The largest absolute Gasteiger partial charge is 0.497 e. The van der Waals surface area contributed by atoms with Gasteiger partial charge in [0.25, 0.3) is 0 Å². The second kappa shape index (κ2) is 6.66. The van der Waals surface area contributed by atoms with E-state index in [4.69, 9.17) is 4.74 Å². The number of ether oxygens (including phenoxy) is 1. The lowest BCUT2D eigenvalue weighted by atomic mass is 10.3. The van der Waals surface area contributed by atoms with Gasteiger partial charge in [0.2, 0.25) is 0 Å². The van der Waals surface area contributed by atoms with Crippen LogP contribution in [-0.2, 0) is 0 Å². The van der Waals surface area contributed by atoms with Gasteiger partial charge < -0.3 is 4.74 Å². The zero-order chi connectivity index (χ0) is 10.1. The number of aromatic nitrogens is 1. The van der Waals surface area contributed by atoms with Crippen molar-refractivity contribution in [1.29, 1.82) is 0 Å². The molecule has 0 aliphatic carbocycles. The van der Waals surface area contributed by atoms with Crippen molar-refractivity contribution in [2.45, 2.75) is 0 Å². The summed E-state index contributed by atoms with van der Waals surface area (Å²) in [4.78, 5) is 3.78. The van der Waals surface area contributed by atoms with Crippen molar-refractivity contribution in [3.8, 4) is 5.75 Å². The molecule has 2 heteroatoms. The summed E-state index contributed by atoms with van der Waals surface area (Å²) in [6.45, 7) is 0. The van der Waals surface area contributed by atoms with E-state index in [-0.39, 0.29) is 0 Å². The molecule has 0 atom stereocenters. The molecule has 0 saturated carbocycles. The number of pyridine rings is 1. The van der Waals surface area contributed by atoms with E-state index in [1.165, 1.54) is 0 Å². The fraction of sp³-hybridized carbons (Fsp3) is 0.0833. The maximum atomic E-state index is 4.91. The average Bonchev–Trinajstić information content (AvgIpc) is 2.33. The highest BCUT2D eigenvalue weighted by atomic mass is 16.5. The van der Waals surface area contributed by atoms with Crippen LogP contribution in [0, 0.1) is 0 Å². The third kappa shape index (κ3) is 4.26. The number of para-hydroxylation sites is 1. The average molecular weight is 187 g/mol. The smallest absolute Gasteiger partial charge is 0.118 e. The van der Waals surface area contributed by atoms with Crippen LogP contribution in [0.5, 0.6) is 5.75 Å². The van der Waals surface area contributed by atoms with Gasteiger partial charge in [-0.1, -0.05) is 24.3 Å². The van der Waals surface area contributed by atoms with Gasteiger partial charge in [-0.25, -0.2) is 0 Å². The van der Waals surface area contributed by atoms with Gasteiger partial charge in [-0.05, 0) is 24.3 Å². The standard InChI is InChI=1S/C7H8O.C5H5N/c1-8-7-5-3-2-4-6-7;1-2-4-6-5-3-1/h2-6H,1H3;1-5H. The van der Waals surface area contributed by atoms with Crippen molar-refractivity contribution in [1.82, 2.24) is 4.98 Å². The molecule has 0 bridgehead atoms. The number of methoxy groups -OCH3 is 1. The molecule has 1 heterocycles. The molecular weight excluding hydrogens is 174 g/mol. The molecule has 0 N–H and O–H groups in total. The van der Waals surface area contributed by atoms with E-state index in [2.05, 4.69) is 4.98 Å². The number of hydrogen-bond donors (Lipinski definition) is 0. The summed E-state index contributed by atoms with van der Waals surface area (Å²) < 4.78 is 4.91. The minimum Gasteiger partial charge on any atom is -0.497 e. The monoisotopic (exact) mass is 187 g/mol. The number of rotatable bonds is 1. The minimum atomic E-state index is 0.910. The SMILES string of the molecule is COc1ccccc1.c1ccncc1. The topological polar surface area (TPSA) is 22.1 Å². The first kappa shape index (κ1) is 10.3. The van der Waals surface area contributed by atoms with Crippen LogP contribution in [0.15, 0.2) is 60.9 Å². The van der Waals surface area contributed by atoms with Gasteiger partial charge in [-0.2, -0.15) is 0 Å². The quantitative estimate of drug-likeness (QED) is 0.684. The second-order valence-electron chi connectivity index (χ2n) is 2.54. The lowest BCUT2D eigenvalue weighted by Crippen LogP contribution is -1.78. The summed E-state index contributed by atoms with van der Waals surface area (Å²) in [7, 11) is 1.66. The van der Waals surface area contributed by atoms with Crippen molar-refractivity contribution >= 4 is 0 Å². The van der Waals surface area contributed by atoms with Crippen LogP contribution in [0.3, 0.4) is 0 Å². The predicted molar refractivity (Wildman–Crippen MR) is 57.2 cm³/mol. The van der Waals surface area contributed by atoms with Crippen molar-refractivity contribution < 1.29 is 4.74 Å². The summed E-state index contributed by atoms with van der Waals surface area (Å²) in [6, 6.07) is 15.4. The Morgan fingerprint density at radius 2 is 1.43 bits per heavy atom. The molecule has 0 saturated heterocycles. The molecule has 2 rings (SSSR count). The Bertz CT molecular complexity index is 294. The molecule has 72 valence electrons. The van der Waals surface area contributed by atoms with Gasteiger partial charge in [0, 0.05) is 12.4 Å². The molecule has 0 fully saturated rings. The Balaban J connectivity index is 0.000000146. The van der Waals surface area contributed by atoms with Crippen molar-refractivity contribution in [3.63, 3.8) is 0 Å². The van der Waals surface area contributed by atoms with E-state index in [0.29, 0.717) is 0 Å². The van der Waals surface area contributed by atoms with Crippen LogP contribution in [0.1, 0.15) is 0 Å². The Hall–Kier alpha value is -1.83. The summed E-state index contributed by atoms with van der Waals surface area (Å²) >= 11 is 0. The summed E-state index contributed by atoms with van der Waals surface area (Å²) in [5.74, 6) is 0.910. The van der Waals surface area contributed by atoms with Gasteiger partial charge in [0.1, 0.15) is 5.75 Å². The number of benzene rings is 1. The van der Waals surface area contributed by atoms with Crippen LogP contribution in [0.25, 0.3) is 0 Å². The lowest BCUT2D eigenvalue weighted by Gasteiger charge is -1.93. The van der Waals surface area contributed by atoms with Gasteiger partial charge in [0.15, 0.2) is 0 Å². The van der Waals surface area contributed by atoms with Crippen molar-refractivity contribution in [3.05, 3.63) is 60.9 Å². The maximum absolute atomic E-state index is 4.91. The predicted octanol–water partition coefficient (Wildman–Crippen LogP) is 2.78. The van der Waals surface area contributed by atoms with E-state index in [1.54, 1.807) is 19.5 Å². The third-order valence-corrected chi connectivity index (χ3v) is 1.55. The molecule has 0 unspecified atom stereocenters. The number of hydrogen-bond acceptors (Lipinski definition) is 2. The van der Waals surface area contributed by atoms with E-state index < -0.39 is 0 Å². The summed E-state index contributed by atoms with van der Waals surface area (Å²) in [5, 5.41) is 0. The Labute approximate surface area is 84.2 Å². The normalized spacial score (nSPS) is 8.36. The molecule has 1 aromatic heterocycles. The molecule has 2 aromatic rings. The van der Waals surface area contributed by atoms with Crippen LogP contribution >= 0.6 is 0 Å². The van der Waals surface area contributed by atoms with Gasteiger partial charge in [0.05, 0.1) is 7.11 Å².